The third kappa shape index (κ3) is 13.4. The first-order chi connectivity index (χ1) is 23.6. The van der Waals surface area contributed by atoms with Gasteiger partial charge in [-0.2, -0.15) is 18.2 Å². The van der Waals surface area contributed by atoms with Gasteiger partial charge in [0.15, 0.2) is 0 Å². The zero-order valence-corrected chi connectivity index (χ0v) is 31.0. The molecule has 3 aliphatic rings. The summed E-state index contributed by atoms with van der Waals surface area (Å²) < 4.78 is 40.6. The van der Waals surface area contributed by atoms with Gasteiger partial charge in [-0.1, -0.05) is 51.8 Å². The molecule has 3 heterocycles. The van der Waals surface area contributed by atoms with Gasteiger partial charge < -0.3 is 25.3 Å². The van der Waals surface area contributed by atoms with Gasteiger partial charge in [0, 0.05) is 44.0 Å². The van der Waals surface area contributed by atoms with Gasteiger partial charge in [0.2, 0.25) is 11.9 Å². The second-order valence-electron chi connectivity index (χ2n) is 13.5. The van der Waals surface area contributed by atoms with Crippen LogP contribution in [-0.2, 0) is 11.0 Å². The smallest absolute Gasteiger partial charge is 0.369 e. The van der Waals surface area contributed by atoms with Crippen molar-refractivity contribution in [3.63, 3.8) is 0 Å². The molecule has 0 radical (unpaired) electrons. The van der Waals surface area contributed by atoms with Crippen molar-refractivity contribution in [2.24, 2.45) is 0 Å². The van der Waals surface area contributed by atoms with Gasteiger partial charge in [0.05, 0.1) is 0 Å². The lowest BCUT2D eigenvalue weighted by molar-refractivity contribution is -0.137. The molecule has 1 aliphatic carbocycles. The molecular weight excluding hydrogens is 627 g/mol. The van der Waals surface area contributed by atoms with E-state index in [0.29, 0.717) is 31.8 Å². The van der Waals surface area contributed by atoms with Crippen LogP contribution in [0.5, 0.6) is 0 Å². The molecular formula is C38H62F3N7O. The standard InChI is InChI=1S/C24H30F3N5O.C12H26N2.C2H6/c1-16-7-10-20(18(14-16)17-8-9-17)30-23-29-15-19(24(25,26)27)22(31-23)28-11-5-13-32-12-4-2-3-6-21(32)33;1-4-8-14(9-5-2)12-6-10-13(3)11-7-12;1-2/h7,10,14-15,17H,2-6,8-9,11-13H2,1H3,(H2,28,29,30,31);12H,4-11H2,1-3H3;1-2H3. The molecule has 1 amide bonds. The van der Waals surface area contributed by atoms with Gasteiger partial charge in [-0.3, -0.25) is 4.79 Å². The highest BCUT2D eigenvalue weighted by atomic mass is 19.4. The van der Waals surface area contributed by atoms with E-state index >= 15 is 0 Å². The van der Waals surface area contributed by atoms with E-state index < -0.39 is 11.7 Å². The van der Waals surface area contributed by atoms with Crippen LogP contribution in [0.3, 0.4) is 0 Å². The number of hydrogen-bond donors (Lipinski definition) is 2. The van der Waals surface area contributed by atoms with Crippen LogP contribution in [0.2, 0.25) is 0 Å². The van der Waals surface area contributed by atoms with Crippen molar-refractivity contribution in [3.8, 4) is 0 Å². The van der Waals surface area contributed by atoms with Gasteiger partial charge >= 0.3 is 6.18 Å². The number of anilines is 3. The number of nitrogens with one attached hydrogen (secondary N) is 2. The molecule has 49 heavy (non-hydrogen) atoms. The fourth-order valence-corrected chi connectivity index (χ4v) is 6.60. The number of alkyl halides is 3. The molecule has 11 heteroatoms. The molecule has 2 aromatic rings. The number of likely N-dealkylation sites (tertiary alicyclic amines) is 2. The maximum absolute atomic E-state index is 13.5. The second-order valence-corrected chi connectivity index (χ2v) is 13.5. The van der Waals surface area contributed by atoms with Crippen LogP contribution in [0.4, 0.5) is 30.6 Å². The Kier molecular flexibility index (Phi) is 17.1. The molecule has 1 aromatic carbocycles. The summed E-state index contributed by atoms with van der Waals surface area (Å²) in [6.07, 6.45) is 7.82. The van der Waals surface area contributed by atoms with Crippen molar-refractivity contribution in [1.29, 1.82) is 0 Å². The monoisotopic (exact) mass is 689 g/mol. The number of nitrogens with zero attached hydrogens (tertiary/aromatic N) is 5. The first-order valence-electron chi connectivity index (χ1n) is 18.8. The molecule has 276 valence electrons. The molecule has 3 fully saturated rings. The Morgan fingerprint density at radius 2 is 1.67 bits per heavy atom. The number of benzene rings is 1. The van der Waals surface area contributed by atoms with Gasteiger partial charge in [-0.05, 0) is 115 Å². The van der Waals surface area contributed by atoms with Crippen molar-refractivity contribution in [2.45, 2.75) is 123 Å². The molecule has 1 aromatic heterocycles. The van der Waals surface area contributed by atoms with E-state index in [0.717, 1.165) is 61.2 Å². The van der Waals surface area contributed by atoms with E-state index in [4.69, 9.17) is 0 Å². The molecule has 0 bridgehead atoms. The topological polar surface area (TPSA) is 76.6 Å². The number of aromatic nitrogens is 2. The average molecular weight is 690 g/mol. The quantitative estimate of drug-likeness (QED) is 0.204. The molecule has 5 rings (SSSR count). The molecule has 2 saturated heterocycles. The van der Waals surface area contributed by atoms with Crippen LogP contribution in [0.25, 0.3) is 0 Å². The van der Waals surface area contributed by atoms with E-state index in [9.17, 15) is 18.0 Å². The van der Waals surface area contributed by atoms with E-state index in [2.05, 4.69) is 57.4 Å². The SMILES string of the molecule is CC.CCCN(CCC)C1CCN(C)CC1.Cc1ccc(Nc2ncc(C(F)(F)F)c(NCCCN3CCCCCC3=O)n2)c(C2CC2)c1. The lowest BCUT2D eigenvalue weighted by atomic mass is 10.0. The van der Waals surface area contributed by atoms with Crippen molar-refractivity contribution < 1.29 is 18.0 Å². The predicted octanol–water partition coefficient (Wildman–Crippen LogP) is 8.86. The minimum Gasteiger partial charge on any atom is -0.369 e. The van der Waals surface area contributed by atoms with Crippen LogP contribution in [-0.4, -0.2) is 89.5 Å². The zero-order chi connectivity index (χ0) is 35.8. The molecule has 2 N–H and O–H groups in total. The van der Waals surface area contributed by atoms with Crippen LogP contribution < -0.4 is 10.6 Å². The molecule has 0 spiro atoms. The van der Waals surface area contributed by atoms with E-state index in [1.165, 1.54) is 51.9 Å². The summed E-state index contributed by atoms with van der Waals surface area (Å²) in [5.74, 6) is 0.476. The van der Waals surface area contributed by atoms with E-state index in [1.807, 2.05) is 37.8 Å². The highest BCUT2D eigenvalue weighted by Gasteiger charge is 2.35. The fraction of sp³-hybridized carbons (Fsp3) is 0.711. The molecule has 8 nitrogen and oxygen atoms in total. The highest BCUT2D eigenvalue weighted by molar-refractivity contribution is 5.76. The first-order valence-corrected chi connectivity index (χ1v) is 18.8. The van der Waals surface area contributed by atoms with Crippen molar-refractivity contribution in [3.05, 3.63) is 41.1 Å². The van der Waals surface area contributed by atoms with Gasteiger partial charge in [-0.15, -0.1) is 0 Å². The Morgan fingerprint density at radius 3 is 2.31 bits per heavy atom. The number of amides is 1. The Morgan fingerprint density at radius 1 is 0.980 bits per heavy atom. The average Bonchev–Trinajstić information content (AvgIpc) is 3.94. The normalized spacial score (nSPS) is 17.5. The summed E-state index contributed by atoms with van der Waals surface area (Å²) >= 11 is 0. The molecule has 0 unspecified atom stereocenters. The van der Waals surface area contributed by atoms with Gasteiger partial charge in [0.1, 0.15) is 11.4 Å². The number of carbonyl (C=O) groups excluding carboxylic acids is 1. The Bertz CT molecular complexity index is 1260. The largest absolute Gasteiger partial charge is 0.421 e. The van der Waals surface area contributed by atoms with Crippen molar-refractivity contribution >= 4 is 23.4 Å². The Balaban J connectivity index is 0.000000341. The number of carbonyl (C=O) groups is 1. The van der Waals surface area contributed by atoms with Crippen LogP contribution in [0, 0.1) is 6.92 Å². The van der Waals surface area contributed by atoms with E-state index in [1.54, 1.807) is 0 Å². The summed E-state index contributed by atoms with van der Waals surface area (Å²) in [5, 5.41) is 5.94. The maximum atomic E-state index is 13.5. The van der Waals surface area contributed by atoms with Crippen LogP contribution in [0.15, 0.2) is 24.4 Å². The van der Waals surface area contributed by atoms with Crippen molar-refractivity contribution in [1.82, 2.24) is 24.7 Å². The lowest BCUT2D eigenvalue weighted by Gasteiger charge is -2.37. The summed E-state index contributed by atoms with van der Waals surface area (Å²) in [5.41, 5.74) is 2.22. The number of aryl methyl sites for hydroxylation is 1. The predicted molar refractivity (Wildman–Crippen MR) is 196 cm³/mol. The van der Waals surface area contributed by atoms with Crippen molar-refractivity contribution in [2.75, 3.05) is 63.5 Å². The number of rotatable bonds is 13. The van der Waals surface area contributed by atoms with E-state index in [-0.39, 0.29) is 24.2 Å². The third-order valence-electron chi connectivity index (χ3n) is 9.36. The summed E-state index contributed by atoms with van der Waals surface area (Å²) in [4.78, 5) is 27.2. The minimum absolute atomic E-state index is 0.124. The fourth-order valence-electron chi connectivity index (χ4n) is 6.60. The number of piperidine rings is 1. The zero-order valence-electron chi connectivity index (χ0n) is 31.0. The highest BCUT2D eigenvalue weighted by Crippen LogP contribution is 2.44. The number of halogens is 3. The Labute approximate surface area is 293 Å². The summed E-state index contributed by atoms with van der Waals surface area (Å²) in [7, 11) is 2.24. The minimum atomic E-state index is -4.56. The molecule has 0 atom stereocenters. The van der Waals surface area contributed by atoms with Gasteiger partial charge in [-0.25, -0.2) is 4.98 Å². The Hall–Kier alpha value is -2.92. The number of hydrogen-bond acceptors (Lipinski definition) is 7. The van der Waals surface area contributed by atoms with Crippen LogP contribution in [0.1, 0.15) is 121 Å². The molecule has 2 aliphatic heterocycles. The van der Waals surface area contributed by atoms with Gasteiger partial charge in [0.25, 0.3) is 0 Å². The maximum Gasteiger partial charge on any atom is 0.421 e. The van der Waals surface area contributed by atoms with Crippen LogP contribution >= 0.6 is 0 Å². The summed E-state index contributed by atoms with van der Waals surface area (Å²) in [6.45, 7) is 17.3. The molecule has 1 saturated carbocycles. The lowest BCUT2D eigenvalue weighted by Crippen LogP contribution is -2.44. The first kappa shape index (κ1) is 40.5. The summed E-state index contributed by atoms with van der Waals surface area (Å²) in [6, 6.07) is 6.86. The third-order valence-corrected chi connectivity index (χ3v) is 9.36. The second kappa shape index (κ2) is 20.7.